The van der Waals surface area contributed by atoms with Gasteiger partial charge in [-0.25, -0.2) is 14.5 Å². The molecule has 1 aliphatic rings. The van der Waals surface area contributed by atoms with Gasteiger partial charge in [0.05, 0.1) is 12.8 Å². The molecule has 1 fully saturated rings. The Bertz CT molecular complexity index is 1720. The number of urea groups is 1. The summed E-state index contributed by atoms with van der Waals surface area (Å²) < 4.78 is 48.1. The number of ether oxygens (including phenoxy) is 2. The van der Waals surface area contributed by atoms with Crippen molar-refractivity contribution < 1.29 is 27.4 Å². The van der Waals surface area contributed by atoms with E-state index in [-0.39, 0.29) is 11.7 Å². The van der Waals surface area contributed by atoms with E-state index in [1.807, 2.05) is 43.3 Å². The fraction of sp³-hybridized carbons (Fsp3) is 0.250. The van der Waals surface area contributed by atoms with Crippen molar-refractivity contribution in [3.63, 3.8) is 0 Å². The average Bonchev–Trinajstić information content (AvgIpc) is 3.69. The molecule has 0 unspecified atom stereocenters. The SMILES string of the molecule is COc1ccc(C(C)C)c(N2CCSC2=NC(=O)N/C=C(\C)c2ccc(-c3ncn(-c4ccc(OC(F)(F)F)cc4)n3)cc2)c1. The van der Waals surface area contributed by atoms with Gasteiger partial charge in [-0.05, 0) is 59.9 Å². The standard InChI is InChI=1S/C32H31F3N6O3S/c1-20(2)27-14-13-26(43-4)17-28(27)40-15-16-45-31(40)38-30(42)36-18-21(3)22-5-7-23(8-6-22)29-37-19-41(39-29)24-9-11-25(12-10-24)44-32(33,34)35/h5-14,17-20H,15-16H2,1-4H3,(H,36,42)/b21-18+,38-31?. The fourth-order valence-electron chi connectivity index (χ4n) is 4.67. The van der Waals surface area contributed by atoms with E-state index in [0.29, 0.717) is 16.7 Å². The van der Waals surface area contributed by atoms with Crippen LogP contribution in [0.15, 0.2) is 84.2 Å². The van der Waals surface area contributed by atoms with Crippen LogP contribution in [0, 0.1) is 0 Å². The van der Waals surface area contributed by atoms with Gasteiger partial charge in [0.25, 0.3) is 0 Å². The molecule has 9 nitrogen and oxygen atoms in total. The number of amidine groups is 1. The van der Waals surface area contributed by atoms with E-state index in [2.05, 4.69) is 49.9 Å². The van der Waals surface area contributed by atoms with Crippen LogP contribution in [-0.2, 0) is 0 Å². The van der Waals surface area contributed by atoms with Crippen molar-refractivity contribution in [1.82, 2.24) is 20.1 Å². The molecule has 5 rings (SSSR count). The zero-order valence-electron chi connectivity index (χ0n) is 25.0. The van der Waals surface area contributed by atoms with Crippen molar-refractivity contribution in [2.45, 2.75) is 33.1 Å². The summed E-state index contributed by atoms with van der Waals surface area (Å²) in [4.78, 5) is 23.5. The number of benzene rings is 3. The summed E-state index contributed by atoms with van der Waals surface area (Å²) in [6, 6.07) is 18.3. The normalized spacial score (nSPS) is 14.7. The van der Waals surface area contributed by atoms with Crippen LogP contribution in [0.1, 0.15) is 37.8 Å². The van der Waals surface area contributed by atoms with Gasteiger partial charge in [-0.1, -0.05) is 55.9 Å². The molecule has 0 saturated carbocycles. The maximum atomic E-state index is 12.8. The summed E-state index contributed by atoms with van der Waals surface area (Å²) >= 11 is 1.53. The number of rotatable bonds is 8. The Morgan fingerprint density at radius 3 is 2.44 bits per heavy atom. The van der Waals surface area contributed by atoms with E-state index in [1.54, 1.807) is 13.3 Å². The summed E-state index contributed by atoms with van der Waals surface area (Å²) in [5.74, 6) is 1.98. The molecule has 1 N–H and O–H groups in total. The Hall–Kier alpha value is -4.78. The van der Waals surface area contributed by atoms with Gasteiger partial charge in [0.2, 0.25) is 0 Å². The molecular weight excluding hydrogens is 605 g/mol. The number of nitrogens with zero attached hydrogens (tertiary/aromatic N) is 5. The highest BCUT2D eigenvalue weighted by atomic mass is 32.2. The highest BCUT2D eigenvalue weighted by Crippen LogP contribution is 2.35. The van der Waals surface area contributed by atoms with Crippen LogP contribution < -0.4 is 19.7 Å². The van der Waals surface area contributed by atoms with Gasteiger partial charge in [-0.15, -0.1) is 18.3 Å². The number of methoxy groups -OCH3 is 1. The number of hydrogen-bond donors (Lipinski definition) is 1. The maximum absolute atomic E-state index is 12.8. The minimum atomic E-state index is -4.76. The van der Waals surface area contributed by atoms with Crippen LogP contribution in [0.3, 0.4) is 0 Å². The highest BCUT2D eigenvalue weighted by molar-refractivity contribution is 8.14. The molecule has 0 bridgehead atoms. The Morgan fingerprint density at radius 2 is 1.78 bits per heavy atom. The predicted molar refractivity (Wildman–Crippen MR) is 170 cm³/mol. The zero-order chi connectivity index (χ0) is 32.1. The lowest BCUT2D eigenvalue weighted by Gasteiger charge is -2.23. The summed E-state index contributed by atoms with van der Waals surface area (Å²) in [6.07, 6.45) is -1.66. The third-order valence-electron chi connectivity index (χ3n) is 6.96. The van der Waals surface area contributed by atoms with Crippen LogP contribution >= 0.6 is 11.8 Å². The zero-order valence-corrected chi connectivity index (χ0v) is 25.8. The third kappa shape index (κ3) is 7.85. The average molecular weight is 637 g/mol. The number of thioether (sulfide) groups is 1. The number of aliphatic imine (C=N–C) groups is 1. The molecule has 3 aromatic carbocycles. The molecule has 1 saturated heterocycles. The van der Waals surface area contributed by atoms with Gasteiger partial charge in [0.15, 0.2) is 11.0 Å². The topological polar surface area (TPSA) is 93.9 Å². The second-order valence-electron chi connectivity index (χ2n) is 10.4. The van der Waals surface area contributed by atoms with E-state index < -0.39 is 12.4 Å². The molecule has 2 heterocycles. The molecule has 234 valence electrons. The molecule has 1 aromatic heterocycles. The third-order valence-corrected chi connectivity index (χ3v) is 7.92. The van der Waals surface area contributed by atoms with Crippen LogP contribution in [0.5, 0.6) is 11.5 Å². The molecular formula is C32H31F3N6O3S. The summed E-state index contributed by atoms with van der Waals surface area (Å²) in [5.41, 5.74) is 5.11. The number of hydrogen-bond acceptors (Lipinski definition) is 6. The van der Waals surface area contributed by atoms with Crippen molar-refractivity contribution in [2.24, 2.45) is 4.99 Å². The van der Waals surface area contributed by atoms with Gasteiger partial charge in [0, 0.05) is 35.8 Å². The minimum absolute atomic E-state index is 0.289. The Kier molecular flexibility index (Phi) is 9.47. The molecule has 0 atom stereocenters. The molecule has 4 aromatic rings. The molecule has 45 heavy (non-hydrogen) atoms. The van der Waals surface area contributed by atoms with Crippen LogP contribution in [-0.4, -0.2) is 51.7 Å². The molecule has 0 aliphatic carbocycles. The van der Waals surface area contributed by atoms with Gasteiger partial charge in [-0.2, -0.15) is 4.99 Å². The van der Waals surface area contributed by atoms with E-state index in [4.69, 9.17) is 4.74 Å². The number of amides is 2. The molecule has 2 amide bonds. The predicted octanol–water partition coefficient (Wildman–Crippen LogP) is 7.64. The molecule has 0 spiro atoms. The van der Waals surface area contributed by atoms with Gasteiger partial charge < -0.3 is 19.7 Å². The number of allylic oxidation sites excluding steroid dienone is 1. The largest absolute Gasteiger partial charge is 0.573 e. The highest BCUT2D eigenvalue weighted by Gasteiger charge is 2.31. The molecule has 1 aliphatic heterocycles. The number of nitrogens with one attached hydrogen (secondary N) is 1. The lowest BCUT2D eigenvalue weighted by molar-refractivity contribution is -0.274. The van der Waals surface area contributed by atoms with Gasteiger partial charge in [-0.3, -0.25) is 0 Å². The maximum Gasteiger partial charge on any atom is 0.573 e. The van der Waals surface area contributed by atoms with Gasteiger partial charge >= 0.3 is 12.4 Å². The fourth-order valence-corrected chi connectivity index (χ4v) is 5.61. The second kappa shape index (κ2) is 13.5. The lowest BCUT2D eigenvalue weighted by atomic mass is 10.00. The quantitative estimate of drug-likeness (QED) is 0.212. The summed E-state index contributed by atoms with van der Waals surface area (Å²) in [6.45, 7) is 6.87. The number of carbonyl (C=O) groups is 1. The first-order valence-corrected chi connectivity index (χ1v) is 15.0. The molecule has 13 heteroatoms. The first-order valence-electron chi connectivity index (χ1n) is 14.0. The smallest absolute Gasteiger partial charge is 0.497 e. The van der Waals surface area contributed by atoms with Crippen molar-refractivity contribution >= 4 is 34.2 Å². The molecule has 0 radical (unpaired) electrons. The van der Waals surface area contributed by atoms with Crippen molar-refractivity contribution in [3.05, 3.63) is 90.4 Å². The Morgan fingerprint density at radius 1 is 1.07 bits per heavy atom. The monoisotopic (exact) mass is 636 g/mol. The summed E-state index contributed by atoms with van der Waals surface area (Å²) in [5, 5.41) is 7.84. The Balaban J connectivity index is 1.23. The number of anilines is 1. The summed E-state index contributed by atoms with van der Waals surface area (Å²) in [7, 11) is 1.63. The number of alkyl halides is 3. The van der Waals surface area contributed by atoms with E-state index in [0.717, 1.165) is 46.0 Å². The number of carbonyl (C=O) groups excluding carboxylic acids is 1. The number of aromatic nitrogens is 3. The van der Waals surface area contributed by atoms with Crippen LogP contribution in [0.2, 0.25) is 0 Å². The van der Waals surface area contributed by atoms with Crippen molar-refractivity contribution in [2.75, 3.05) is 24.3 Å². The van der Waals surface area contributed by atoms with Crippen LogP contribution in [0.25, 0.3) is 22.6 Å². The van der Waals surface area contributed by atoms with E-state index >= 15 is 0 Å². The lowest BCUT2D eigenvalue weighted by Crippen LogP contribution is -2.27. The first kappa shape index (κ1) is 31.6. The van der Waals surface area contributed by atoms with E-state index in [1.165, 1.54) is 47.0 Å². The van der Waals surface area contributed by atoms with Crippen molar-refractivity contribution in [1.29, 1.82) is 0 Å². The minimum Gasteiger partial charge on any atom is -0.497 e. The second-order valence-corrected chi connectivity index (χ2v) is 11.4. The van der Waals surface area contributed by atoms with Crippen LogP contribution in [0.4, 0.5) is 23.7 Å². The Labute approximate surface area is 262 Å². The van der Waals surface area contributed by atoms with E-state index in [9.17, 15) is 18.0 Å². The van der Waals surface area contributed by atoms with Crippen molar-refractivity contribution in [3.8, 4) is 28.6 Å². The van der Waals surface area contributed by atoms with Gasteiger partial charge in [0.1, 0.15) is 17.8 Å². The number of halogens is 3. The first-order chi connectivity index (χ1) is 21.5.